The number of fused-ring (bicyclic) bond motifs is 4. The number of aliphatic hydroxyl groups is 1. The average Bonchev–Trinajstić information content (AvgIpc) is 3.10. The molecular formula is C34H43ClN2O3S. The van der Waals surface area contributed by atoms with E-state index in [4.69, 9.17) is 16.3 Å². The molecule has 2 heterocycles. The Kier molecular flexibility index (Phi) is 8.37. The van der Waals surface area contributed by atoms with Crippen molar-refractivity contribution in [3.05, 3.63) is 70.3 Å². The second kappa shape index (κ2) is 11.9. The Hall–Kier alpha value is -2.15. The number of halogens is 1. The highest BCUT2D eigenvalue weighted by atomic mass is 35.5. The Morgan fingerprint density at radius 1 is 1.17 bits per heavy atom. The molecule has 7 atom stereocenters. The predicted molar refractivity (Wildman–Crippen MR) is 169 cm³/mol. The third-order valence-corrected chi connectivity index (χ3v) is 12.0. The molecule has 6 rings (SSSR count). The number of ether oxygens (including phenoxy) is 1. The predicted octanol–water partition coefficient (Wildman–Crippen LogP) is 7.20. The molecule has 220 valence electrons. The van der Waals surface area contributed by atoms with Crippen molar-refractivity contribution in [2.24, 2.45) is 23.7 Å². The van der Waals surface area contributed by atoms with E-state index in [1.54, 1.807) is 0 Å². The van der Waals surface area contributed by atoms with Crippen LogP contribution in [0.5, 0.6) is 5.75 Å². The molecule has 1 saturated carbocycles. The van der Waals surface area contributed by atoms with Gasteiger partial charge in [0.1, 0.15) is 5.75 Å². The monoisotopic (exact) mass is 594 g/mol. The molecule has 1 amide bonds. The fourth-order valence-corrected chi connectivity index (χ4v) is 8.71. The van der Waals surface area contributed by atoms with Gasteiger partial charge in [-0.25, -0.2) is 0 Å². The molecule has 2 aromatic carbocycles. The van der Waals surface area contributed by atoms with Crippen LogP contribution in [0.4, 0.5) is 5.69 Å². The van der Waals surface area contributed by atoms with Crippen molar-refractivity contribution in [2.75, 3.05) is 24.6 Å². The normalized spacial score (nSPS) is 34.4. The summed E-state index contributed by atoms with van der Waals surface area (Å²) in [6, 6.07) is 12.2. The number of allylic oxidation sites excluding steroid dienone is 1. The number of hydrogen-bond donors (Lipinski definition) is 2. The Labute approximate surface area is 254 Å². The van der Waals surface area contributed by atoms with Gasteiger partial charge in [0, 0.05) is 34.3 Å². The summed E-state index contributed by atoms with van der Waals surface area (Å²) in [5.41, 5.74) is 4.14. The molecule has 5 nitrogen and oxygen atoms in total. The van der Waals surface area contributed by atoms with Gasteiger partial charge < -0.3 is 14.7 Å². The smallest absolute Gasteiger partial charge is 0.261 e. The number of amides is 1. The molecule has 0 aromatic heterocycles. The lowest BCUT2D eigenvalue weighted by molar-refractivity contribution is 0.0453. The van der Waals surface area contributed by atoms with Crippen LogP contribution in [0.2, 0.25) is 5.02 Å². The number of nitrogens with zero attached hydrogens (tertiary/aromatic N) is 1. The molecule has 2 aromatic rings. The first-order valence-electron chi connectivity index (χ1n) is 15.4. The Bertz CT molecular complexity index is 1320. The summed E-state index contributed by atoms with van der Waals surface area (Å²) in [5.74, 6) is 2.05. The quantitative estimate of drug-likeness (QED) is 0.270. The second-order valence-corrected chi connectivity index (χ2v) is 14.4. The number of anilines is 1. The lowest BCUT2D eigenvalue weighted by Crippen LogP contribution is -2.49. The van der Waals surface area contributed by atoms with E-state index < -0.39 is 6.10 Å². The molecule has 2 bridgehead atoms. The van der Waals surface area contributed by atoms with E-state index in [2.05, 4.69) is 48.6 Å². The SMILES string of the molecule is CC[C@@H]1SNC(=O)c2ccc3c(c2)N(C[C@@H]2CC[C@H]2[C@@H](O)/C=C\[C@@H](C)[C@H]1C)C[C@@]1(CCCc2cc(Cl)ccc21)CO3. The summed E-state index contributed by atoms with van der Waals surface area (Å²) in [6.07, 6.45) is 10.1. The zero-order valence-electron chi connectivity index (χ0n) is 24.4. The first-order valence-corrected chi connectivity index (χ1v) is 16.7. The number of aliphatic hydroxyl groups excluding tert-OH is 1. The standard InChI is InChI=1S/C34H43ClN2O3S/c1-4-32-22(3)21(2)7-13-30(38)27-11-8-25(27)18-37-19-34(15-5-6-23-16-26(35)10-12-28(23)34)20-40-31-14-9-24(17-29(31)37)33(39)36-41-32/h7,9-10,12-14,16-17,21-22,25,27,30,32,38H,4-6,8,11,15,18-20H2,1-3H3,(H,36,39)/b13-7-/t21-,22-,25+,27-,30+,32+,34+/m1/s1. The molecule has 2 aliphatic carbocycles. The van der Waals surface area contributed by atoms with Gasteiger partial charge in [-0.05, 0) is 116 Å². The molecule has 1 fully saturated rings. The number of nitrogens with one attached hydrogen (secondary N) is 1. The van der Waals surface area contributed by atoms with Crippen LogP contribution in [-0.2, 0) is 11.8 Å². The molecule has 2 N–H and O–H groups in total. The van der Waals surface area contributed by atoms with Crippen LogP contribution in [0.15, 0.2) is 48.6 Å². The summed E-state index contributed by atoms with van der Waals surface area (Å²) in [6.45, 7) is 8.88. The minimum Gasteiger partial charge on any atom is -0.490 e. The summed E-state index contributed by atoms with van der Waals surface area (Å²) >= 11 is 7.95. The van der Waals surface area contributed by atoms with Crippen molar-refractivity contribution in [1.82, 2.24) is 4.72 Å². The molecule has 0 radical (unpaired) electrons. The molecule has 4 aliphatic rings. The van der Waals surface area contributed by atoms with Crippen LogP contribution in [0.1, 0.15) is 74.4 Å². The van der Waals surface area contributed by atoms with Gasteiger partial charge in [-0.3, -0.25) is 9.52 Å². The van der Waals surface area contributed by atoms with E-state index in [1.165, 1.54) is 23.1 Å². The zero-order chi connectivity index (χ0) is 28.7. The van der Waals surface area contributed by atoms with Crippen molar-refractivity contribution in [1.29, 1.82) is 0 Å². The summed E-state index contributed by atoms with van der Waals surface area (Å²) in [5, 5.41) is 12.3. The van der Waals surface area contributed by atoms with Gasteiger partial charge in [-0.1, -0.05) is 50.6 Å². The summed E-state index contributed by atoms with van der Waals surface area (Å²) < 4.78 is 9.77. The summed E-state index contributed by atoms with van der Waals surface area (Å²) in [7, 11) is 0. The van der Waals surface area contributed by atoms with Gasteiger partial charge in [0.25, 0.3) is 5.91 Å². The van der Waals surface area contributed by atoms with Gasteiger partial charge in [0.05, 0.1) is 18.4 Å². The van der Waals surface area contributed by atoms with E-state index in [9.17, 15) is 9.90 Å². The largest absolute Gasteiger partial charge is 0.490 e. The number of carbonyl (C=O) groups excluding carboxylic acids is 1. The van der Waals surface area contributed by atoms with E-state index in [1.807, 2.05) is 30.3 Å². The van der Waals surface area contributed by atoms with Crippen LogP contribution in [0.25, 0.3) is 0 Å². The van der Waals surface area contributed by atoms with Crippen LogP contribution < -0.4 is 14.4 Å². The topological polar surface area (TPSA) is 61.8 Å². The highest BCUT2D eigenvalue weighted by Crippen LogP contribution is 2.47. The number of aryl methyl sites for hydroxylation is 1. The van der Waals surface area contributed by atoms with Gasteiger partial charge >= 0.3 is 0 Å². The van der Waals surface area contributed by atoms with Crippen molar-refractivity contribution >= 4 is 35.1 Å². The zero-order valence-corrected chi connectivity index (χ0v) is 26.0. The Balaban J connectivity index is 1.39. The first-order chi connectivity index (χ1) is 19.8. The van der Waals surface area contributed by atoms with Gasteiger partial charge in [0.2, 0.25) is 0 Å². The minimum atomic E-state index is -0.440. The van der Waals surface area contributed by atoms with Gasteiger partial charge in [0.15, 0.2) is 0 Å². The van der Waals surface area contributed by atoms with Crippen LogP contribution >= 0.6 is 23.5 Å². The van der Waals surface area contributed by atoms with Crippen LogP contribution in [0, 0.1) is 23.7 Å². The molecular weight excluding hydrogens is 552 g/mol. The van der Waals surface area contributed by atoms with Crippen LogP contribution in [-0.4, -0.2) is 42.1 Å². The molecule has 2 aliphatic heterocycles. The Morgan fingerprint density at radius 2 is 2.02 bits per heavy atom. The number of rotatable bonds is 1. The van der Waals surface area contributed by atoms with E-state index in [-0.39, 0.29) is 22.5 Å². The number of hydrogen-bond acceptors (Lipinski definition) is 5. The highest BCUT2D eigenvalue weighted by molar-refractivity contribution is 7.98. The lowest BCUT2D eigenvalue weighted by Gasteiger charge is -2.45. The Morgan fingerprint density at radius 3 is 2.80 bits per heavy atom. The summed E-state index contributed by atoms with van der Waals surface area (Å²) in [4.78, 5) is 15.9. The van der Waals surface area contributed by atoms with Crippen molar-refractivity contribution < 1.29 is 14.6 Å². The molecule has 7 heteroatoms. The molecule has 0 saturated heterocycles. The lowest BCUT2D eigenvalue weighted by atomic mass is 9.68. The van der Waals surface area contributed by atoms with Crippen LogP contribution in [0.3, 0.4) is 0 Å². The van der Waals surface area contributed by atoms with Gasteiger partial charge in [-0.2, -0.15) is 0 Å². The third kappa shape index (κ3) is 5.64. The van der Waals surface area contributed by atoms with Gasteiger partial charge in [-0.15, -0.1) is 0 Å². The van der Waals surface area contributed by atoms with Crippen molar-refractivity contribution in [3.8, 4) is 5.75 Å². The molecule has 41 heavy (non-hydrogen) atoms. The maximum absolute atomic E-state index is 13.4. The molecule has 0 unspecified atom stereocenters. The second-order valence-electron chi connectivity index (χ2n) is 12.9. The molecule has 1 spiro atoms. The first kappa shape index (κ1) is 28.9. The fourth-order valence-electron chi connectivity index (χ4n) is 7.51. The average molecular weight is 595 g/mol. The minimum absolute atomic E-state index is 0.0627. The number of carbonyl (C=O) groups is 1. The maximum Gasteiger partial charge on any atom is 0.261 e. The van der Waals surface area contributed by atoms with Crippen molar-refractivity contribution in [2.45, 2.75) is 76.1 Å². The van der Waals surface area contributed by atoms with E-state index in [0.29, 0.717) is 29.9 Å². The number of benzene rings is 2. The highest BCUT2D eigenvalue weighted by Gasteiger charge is 2.44. The fraction of sp³-hybridized carbons (Fsp3) is 0.559. The van der Waals surface area contributed by atoms with Crippen molar-refractivity contribution in [3.63, 3.8) is 0 Å². The van der Waals surface area contributed by atoms with E-state index >= 15 is 0 Å². The van der Waals surface area contributed by atoms with E-state index in [0.717, 1.165) is 68.1 Å². The third-order valence-electron chi connectivity index (χ3n) is 10.4. The maximum atomic E-state index is 13.4.